The lowest BCUT2D eigenvalue weighted by Gasteiger charge is -2.28. The zero-order valence-electron chi connectivity index (χ0n) is 8.40. The molecule has 0 aromatic carbocycles. The van der Waals surface area contributed by atoms with Crippen molar-refractivity contribution in [3.8, 4) is 0 Å². The van der Waals surface area contributed by atoms with E-state index >= 15 is 0 Å². The van der Waals surface area contributed by atoms with Gasteiger partial charge in [-0.25, -0.2) is 4.98 Å². The lowest BCUT2D eigenvalue weighted by molar-refractivity contribution is 0.0546. The summed E-state index contributed by atoms with van der Waals surface area (Å²) < 4.78 is 5.37. The van der Waals surface area contributed by atoms with Crippen LogP contribution < -0.4 is 5.32 Å². The second-order valence-electron chi connectivity index (χ2n) is 3.59. The molecule has 1 unspecified atom stereocenters. The van der Waals surface area contributed by atoms with Gasteiger partial charge < -0.3 is 10.1 Å². The van der Waals surface area contributed by atoms with Gasteiger partial charge >= 0.3 is 0 Å². The monoisotopic (exact) mass is 212 g/mol. The van der Waals surface area contributed by atoms with E-state index in [2.05, 4.69) is 10.3 Å². The van der Waals surface area contributed by atoms with Gasteiger partial charge in [-0.2, -0.15) is 0 Å². The summed E-state index contributed by atoms with van der Waals surface area (Å²) in [4.78, 5) is 4.38. The Kier molecular flexibility index (Phi) is 3.50. The average Bonchev–Trinajstić information content (AvgIpc) is 2.74. The van der Waals surface area contributed by atoms with Crippen LogP contribution >= 0.6 is 11.3 Å². The Morgan fingerprint density at radius 1 is 1.57 bits per heavy atom. The number of nitrogens with zero attached hydrogens (tertiary/aromatic N) is 1. The predicted octanol–water partition coefficient (Wildman–Crippen LogP) is 1.83. The zero-order chi connectivity index (χ0) is 9.80. The summed E-state index contributed by atoms with van der Waals surface area (Å²) in [6, 6.07) is 0.416. The average molecular weight is 212 g/mol. The summed E-state index contributed by atoms with van der Waals surface area (Å²) >= 11 is 1.73. The van der Waals surface area contributed by atoms with Gasteiger partial charge in [0.25, 0.3) is 0 Å². The Morgan fingerprint density at radius 2 is 2.36 bits per heavy atom. The highest BCUT2D eigenvalue weighted by Crippen LogP contribution is 2.30. The van der Waals surface area contributed by atoms with E-state index in [4.69, 9.17) is 4.74 Å². The minimum Gasteiger partial charge on any atom is -0.381 e. The van der Waals surface area contributed by atoms with Crippen molar-refractivity contribution >= 4 is 11.3 Å². The molecule has 1 aliphatic heterocycles. The van der Waals surface area contributed by atoms with Crippen molar-refractivity contribution in [2.45, 2.75) is 18.9 Å². The van der Waals surface area contributed by atoms with Gasteiger partial charge in [0.2, 0.25) is 0 Å². The molecule has 0 radical (unpaired) electrons. The van der Waals surface area contributed by atoms with Crippen molar-refractivity contribution in [3.05, 3.63) is 16.6 Å². The summed E-state index contributed by atoms with van der Waals surface area (Å²) in [6.07, 6.45) is 4.17. The van der Waals surface area contributed by atoms with Crippen LogP contribution in [-0.4, -0.2) is 25.2 Å². The van der Waals surface area contributed by atoms with Gasteiger partial charge in [-0.05, 0) is 25.8 Å². The summed E-state index contributed by atoms with van der Waals surface area (Å²) in [7, 11) is 2.02. The van der Waals surface area contributed by atoms with Gasteiger partial charge in [0.1, 0.15) is 5.01 Å². The standard InChI is InChI=1S/C10H16N2OS/c1-11-9(10-12-4-7-14-10)8-2-5-13-6-3-8/h4,7-9,11H,2-3,5-6H2,1H3. The molecule has 1 fully saturated rings. The van der Waals surface area contributed by atoms with Crippen molar-refractivity contribution in [1.29, 1.82) is 0 Å². The second kappa shape index (κ2) is 4.87. The van der Waals surface area contributed by atoms with E-state index in [-0.39, 0.29) is 0 Å². The van der Waals surface area contributed by atoms with Crippen molar-refractivity contribution in [1.82, 2.24) is 10.3 Å². The van der Waals surface area contributed by atoms with E-state index in [1.165, 1.54) is 5.01 Å². The minimum absolute atomic E-state index is 0.416. The first kappa shape index (κ1) is 10.1. The molecule has 78 valence electrons. The Bertz CT molecular complexity index is 257. The number of nitrogens with one attached hydrogen (secondary N) is 1. The maximum Gasteiger partial charge on any atom is 0.110 e. The molecule has 0 saturated carbocycles. The molecule has 0 bridgehead atoms. The molecule has 2 heterocycles. The lowest BCUT2D eigenvalue weighted by atomic mass is 9.92. The van der Waals surface area contributed by atoms with Gasteiger partial charge in [0, 0.05) is 24.8 Å². The van der Waals surface area contributed by atoms with Crippen LogP contribution in [0.15, 0.2) is 11.6 Å². The van der Waals surface area contributed by atoms with Crippen molar-refractivity contribution < 1.29 is 4.74 Å². The minimum atomic E-state index is 0.416. The summed E-state index contributed by atoms with van der Waals surface area (Å²) in [6.45, 7) is 1.79. The molecular formula is C10H16N2OS. The van der Waals surface area contributed by atoms with E-state index in [9.17, 15) is 0 Å². The van der Waals surface area contributed by atoms with Gasteiger partial charge in [0.15, 0.2) is 0 Å². The lowest BCUT2D eigenvalue weighted by Crippen LogP contribution is -2.29. The topological polar surface area (TPSA) is 34.2 Å². The molecule has 1 saturated heterocycles. The molecule has 1 N–H and O–H groups in total. The molecule has 1 aliphatic rings. The Labute approximate surface area is 88.5 Å². The number of hydrogen-bond donors (Lipinski definition) is 1. The fourth-order valence-corrected chi connectivity index (χ4v) is 2.84. The molecule has 0 spiro atoms. The van der Waals surface area contributed by atoms with Crippen LogP contribution in [-0.2, 0) is 4.74 Å². The molecule has 1 atom stereocenters. The third-order valence-electron chi connectivity index (χ3n) is 2.77. The smallest absolute Gasteiger partial charge is 0.110 e. The van der Waals surface area contributed by atoms with E-state index < -0.39 is 0 Å². The highest BCUT2D eigenvalue weighted by Gasteiger charge is 2.25. The molecule has 1 aromatic heterocycles. The number of hydrogen-bond acceptors (Lipinski definition) is 4. The van der Waals surface area contributed by atoms with Crippen LogP contribution in [0.1, 0.15) is 23.9 Å². The number of rotatable bonds is 3. The Balaban J connectivity index is 2.04. The zero-order valence-corrected chi connectivity index (χ0v) is 9.22. The highest BCUT2D eigenvalue weighted by molar-refractivity contribution is 7.09. The second-order valence-corrected chi connectivity index (χ2v) is 4.51. The third-order valence-corrected chi connectivity index (χ3v) is 3.62. The molecule has 4 heteroatoms. The van der Waals surface area contributed by atoms with E-state index in [1.54, 1.807) is 11.3 Å². The first-order chi connectivity index (χ1) is 6.92. The third kappa shape index (κ3) is 2.13. The van der Waals surface area contributed by atoms with Crippen LogP contribution in [0.4, 0.5) is 0 Å². The van der Waals surface area contributed by atoms with Crippen molar-refractivity contribution in [2.24, 2.45) is 5.92 Å². The van der Waals surface area contributed by atoms with E-state index in [1.807, 2.05) is 18.6 Å². The first-order valence-electron chi connectivity index (χ1n) is 5.06. The van der Waals surface area contributed by atoms with Gasteiger partial charge in [-0.1, -0.05) is 0 Å². The van der Waals surface area contributed by atoms with E-state index in [0.717, 1.165) is 26.1 Å². The summed E-state index contributed by atoms with van der Waals surface area (Å²) in [5, 5.41) is 6.61. The fourth-order valence-electron chi connectivity index (χ4n) is 2.00. The molecule has 0 aliphatic carbocycles. The Morgan fingerprint density at radius 3 is 2.93 bits per heavy atom. The Hall–Kier alpha value is -0.450. The highest BCUT2D eigenvalue weighted by atomic mass is 32.1. The maximum atomic E-state index is 5.37. The normalized spacial score (nSPS) is 20.9. The predicted molar refractivity (Wildman–Crippen MR) is 57.5 cm³/mol. The van der Waals surface area contributed by atoms with Crippen molar-refractivity contribution in [2.75, 3.05) is 20.3 Å². The molecule has 1 aromatic rings. The van der Waals surface area contributed by atoms with Gasteiger partial charge in [-0.3, -0.25) is 0 Å². The molecule has 0 amide bonds. The SMILES string of the molecule is CNC(c1nccs1)C1CCOCC1. The van der Waals surface area contributed by atoms with Gasteiger partial charge in [-0.15, -0.1) is 11.3 Å². The van der Waals surface area contributed by atoms with E-state index in [0.29, 0.717) is 12.0 Å². The quantitative estimate of drug-likeness (QED) is 0.830. The number of ether oxygens (including phenoxy) is 1. The summed E-state index contributed by atoms with van der Waals surface area (Å²) in [5.74, 6) is 0.680. The first-order valence-corrected chi connectivity index (χ1v) is 5.94. The molecule has 2 rings (SSSR count). The fraction of sp³-hybridized carbons (Fsp3) is 0.700. The van der Waals surface area contributed by atoms with Crippen LogP contribution in [0.25, 0.3) is 0 Å². The summed E-state index contributed by atoms with van der Waals surface area (Å²) in [5.41, 5.74) is 0. The molecule has 14 heavy (non-hydrogen) atoms. The molecular weight excluding hydrogens is 196 g/mol. The van der Waals surface area contributed by atoms with Crippen molar-refractivity contribution in [3.63, 3.8) is 0 Å². The van der Waals surface area contributed by atoms with Crippen LogP contribution in [0.5, 0.6) is 0 Å². The largest absolute Gasteiger partial charge is 0.381 e. The maximum absolute atomic E-state index is 5.37. The van der Waals surface area contributed by atoms with Crippen LogP contribution in [0.3, 0.4) is 0 Å². The van der Waals surface area contributed by atoms with Gasteiger partial charge in [0.05, 0.1) is 6.04 Å². The van der Waals surface area contributed by atoms with Crippen LogP contribution in [0, 0.1) is 5.92 Å². The molecule has 3 nitrogen and oxygen atoms in total. The number of aromatic nitrogens is 1. The van der Waals surface area contributed by atoms with Crippen LogP contribution in [0.2, 0.25) is 0 Å². The number of thiazole rings is 1.